The first-order valence-corrected chi connectivity index (χ1v) is 12.3. The molecule has 1 heterocycles. The van der Waals surface area contributed by atoms with Crippen LogP contribution in [0.2, 0.25) is 5.02 Å². The monoisotopic (exact) mass is 599 g/mol. The molecular weight excluding hydrogens is 579 g/mol. The van der Waals surface area contributed by atoms with Gasteiger partial charge in [0.1, 0.15) is 22.9 Å². The summed E-state index contributed by atoms with van der Waals surface area (Å²) < 4.78 is 49.9. The highest BCUT2D eigenvalue weighted by atomic mass is 35.5. The molecule has 1 aromatic heterocycles. The van der Waals surface area contributed by atoms with Gasteiger partial charge in [0.2, 0.25) is 0 Å². The van der Waals surface area contributed by atoms with E-state index in [4.69, 9.17) is 21.1 Å². The number of rotatable bonds is 7. The molecule has 0 bridgehead atoms. The van der Waals surface area contributed by atoms with Crippen molar-refractivity contribution in [2.75, 3.05) is 17.7 Å². The first-order chi connectivity index (χ1) is 20.0. The number of urea groups is 1. The highest BCUT2D eigenvalue weighted by molar-refractivity contribution is 6.31. The van der Waals surface area contributed by atoms with Gasteiger partial charge < -0.3 is 20.1 Å². The smallest absolute Gasteiger partial charge is 0.417 e. The normalized spacial score (nSPS) is 10.8. The minimum Gasteiger partial charge on any atom is -0.497 e. The first kappa shape index (κ1) is 29.7. The lowest BCUT2D eigenvalue weighted by molar-refractivity contribution is -0.137. The lowest BCUT2D eigenvalue weighted by Gasteiger charge is -2.13. The number of carbonyl (C=O) groups is 3. The summed E-state index contributed by atoms with van der Waals surface area (Å²) in [5.74, 6) is -0.0406. The highest BCUT2D eigenvalue weighted by Gasteiger charge is 2.33. The molecule has 4 rings (SSSR count). The van der Waals surface area contributed by atoms with Crippen molar-refractivity contribution in [3.05, 3.63) is 107 Å². The molecule has 10 nitrogen and oxygen atoms in total. The molecule has 4 N–H and O–H groups in total. The van der Waals surface area contributed by atoms with Gasteiger partial charge in [0, 0.05) is 29.2 Å². The summed E-state index contributed by atoms with van der Waals surface area (Å²) in [5.41, 5.74) is 4.00. The Morgan fingerprint density at radius 2 is 1.38 bits per heavy atom. The third kappa shape index (κ3) is 7.88. The molecule has 0 aliphatic carbocycles. The fourth-order valence-corrected chi connectivity index (χ4v) is 3.67. The summed E-state index contributed by atoms with van der Waals surface area (Å²) in [6.45, 7) is 0. The van der Waals surface area contributed by atoms with E-state index in [1.54, 1.807) is 12.1 Å². The van der Waals surface area contributed by atoms with Crippen molar-refractivity contribution in [1.29, 1.82) is 0 Å². The highest BCUT2D eigenvalue weighted by Crippen LogP contribution is 2.36. The Balaban J connectivity index is 1.31. The second-order valence-corrected chi connectivity index (χ2v) is 8.82. The molecule has 14 heteroatoms. The first-order valence-electron chi connectivity index (χ1n) is 12.0. The van der Waals surface area contributed by atoms with Gasteiger partial charge in [-0.25, -0.2) is 4.79 Å². The molecule has 0 saturated carbocycles. The Labute approximate surface area is 241 Å². The van der Waals surface area contributed by atoms with Crippen LogP contribution in [0.3, 0.4) is 0 Å². The Kier molecular flexibility index (Phi) is 9.12. The van der Waals surface area contributed by atoms with Crippen LogP contribution in [0, 0.1) is 0 Å². The number of aromatic nitrogens is 1. The van der Waals surface area contributed by atoms with Gasteiger partial charge in [-0.2, -0.15) is 13.2 Å². The van der Waals surface area contributed by atoms with Gasteiger partial charge in [0.05, 0.1) is 17.7 Å². The van der Waals surface area contributed by atoms with E-state index < -0.39 is 34.6 Å². The predicted molar refractivity (Wildman–Crippen MR) is 148 cm³/mol. The van der Waals surface area contributed by atoms with E-state index in [9.17, 15) is 27.6 Å². The van der Waals surface area contributed by atoms with Crippen LogP contribution in [0.1, 0.15) is 26.4 Å². The maximum atomic E-state index is 13.0. The van der Waals surface area contributed by atoms with Crippen molar-refractivity contribution in [3.8, 4) is 17.2 Å². The number of carbonyl (C=O) groups excluding carboxylic acids is 3. The van der Waals surface area contributed by atoms with Crippen molar-refractivity contribution in [1.82, 2.24) is 15.8 Å². The van der Waals surface area contributed by atoms with E-state index in [1.165, 1.54) is 67.9 Å². The molecule has 0 radical (unpaired) electrons. The molecule has 216 valence electrons. The summed E-state index contributed by atoms with van der Waals surface area (Å²) in [6.07, 6.45) is -3.33. The fourth-order valence-electron chi connectivity index (χ4n) is 3.45. The minimum absolute atomic E-state index is 0.0339. The number of alkyl halides is 3. The van der Waals surface area contributed by atoms with Crippen LogP contribution in [0.15, 0.2) is 85.1 Å². The summed E-state index contributed by atoms with van der Waals surface area (Å²) >= 11 is 5.60. The lowest BCUT2D eigenvalue weighted by Crippen LogP contribution is -2.41. The quantitative estimate of drug-likeness (QED) is 0.185. The van der Waals surface area contributed by atoms with Crippen molar-refractivity contribution < 1.29 is 37.0 Å². The third-order valence-electron chi connectivity index (χ3n) is 5.48. The van der Waals surface area contributed by atoms with Gasteiger partial charge in [-0.3, -0.25) is 25.4 Å². The van der Waals surface area contributed by atoms with E-state index in [1.807, 2.05) is 0 Å². The molecule has 0 unspecified atom stereocenters. The molecular formula is C28H21ClF3N5O5. The number of benzene rings is 3. The number of hydrogen-bond acceptors (Lipinski definition) is 6. The number of amides is 4. The maximum Gasteiger partial charge on any atom is 0.417 e. The molecule has 4 aromatic rings. The number of pyridine rings is 1. The zero-order chi connectivity index (χ0) is 30.3. The van der Waals surface area contributed by atoms with E-state index in [2.05, 4.69) is 26.5 Å². The Bertz CT molecular complexity index is 1600. The van der Waals surface area contributed by atoms with Gasteiger partial charge in [-0.05, 0) is 72.8 Å². The summed E-state index contributed by atoms with van der Waals surface area (Å²) in [6, 6.07) is 17.4. The molecule has 0 aliphatic heterocycles. The van der Waals surface area contributed by atoms with E-state index in [-0.39, 0.29) is 17.1 Å². The Morgan fingerprint density at radius 3 is 2.05 bits per heavy atom. The average Bonchev–Trinajstić information content (AvgIpc) is 2.97. The van der Waals surface area contributed by atoms with Crippen molar-refractivity contribution >= 4 is 40.8 Å². The Morgan fingerprint density at radius 1 is 0.762 bits per heavy atom. The fraction of sp³-hybridized carbons (Fsp3) is 0.0714. The molecule has 42 heavy (non-hydrogen) atoms. The largest absolute Gasteiger partial charge is 0.497 e. The summed E-state index contributed by atoms with van der Waals surface area (Å²) in [5, 5.41) is 4.33. The molecule has 0 atom stereocenters. The van der Waals surface area contributed by atoms with Crippen LogP contribution >= 0.6 is 11.6 Å². The second kappa shape index (κ2) is 12.9. The summed E-state index contributed by atoms with van der Waals surface area (Å²) in [7, 11) is 1.50. The minimum atomic E-state index is -4.67. The molecule has 0 saturated heterocycles. The zero-order valence-corrected chi connectivity index (χ0v) is 22.3. The SMILES string of the molecule is COc1ccc(C(=O)NNC(=O)c2cc(Oc3ccc(NC(=O)Nc4ccc(Cl)c(C(F)(F)F)c4)cc3)ccn2)cc1. The van der Waals surface area contributed by atoms with E-state index in [0.29, 0.717) is 22.7 Å². The summed E-state index contributed by atoms with van der Waals surface area (Å²) in [4.78, 5) is 41.0. The van der Waals surface area contributed by atoms with Gasteiger partial charge in [0.15, 0.2) is 0 Å². The van der Waals surface area contributed by atoms with Gasteiger partial charge in [-0.15, -0.1) is 0 Å². The predicted octanol–water partition coefficient (Wildman–Crippen LogP) is 6.27. The second-order valence-electron chi connectivity index (χ2n) is 8.41. The van der Waals surface area contributed by atoms with Crippen LogP contribution in [-0.2, 0) is 6.18 Å². The number of hydrogen-bond donors (Lipinski definition) is 4. The van der Waals surface area contributed by atoms with Gasteiger partial charge in [-0.1, -0.05) is 11.6 Å². The number of nitrogens with zero attached hydrogens (tertiary/aromatic N) is 1. The number of methoxy groups -OCH3 is 1. The average molecular weight is 600 g/mol. The van der Waals surface area contributed by atoms with Crippen LogP contribution < -0.4 is 31.0 Å². The van der Waals surface area contributed by atoms with Crippen molar-refractivity contribution in [2.24, 2.45) is 0 Å². The molecule has 3 aromatic carbocycles. The molecule has 0 aliphatic rings. The number of hydrazine groups is 1. The number of ether oxygens (including phenoxy) is 2. The number of anilines is 2. The molecule has 0 fully saturated rings. The van der Waals surface area contributed by atoms with Crippen molar-refractivity contribution in [2.45, 2.75) is 6.18 Å². The standard InChI is InChI=1S/C28H21ClF3N5O5/c1-41-19-7-2-16(3-8-19)25(38)36-37-26(39)24-15-21(12-13-33-24)42-20-9-4-17(5-10-20)34-27(40)35-18-6-11-23(29)22(14-18)28(30,31)32/h2-15H,1H3,(H,36,38)(H,37,39)(H2,34,35,40). The molecule has 0 spiro atoms. The molecule has 4 amide bonds. The number of halogens is 4. The Hall–Kier alpha value is -5.30. The maximum absolute atomic E-state index is 13.0. The lowest BCUT2D eigenvalue weighted by atomic mass is 10.2. The van der Waals surface area contributed by atoms with Crippen molar-refractivity contribution in [3.63, 3.8) is 0 Å². The third-order valence-corrected chi connectivity index (χ3v) is 5.81. The van der Waals surface area contributed by atoms with Crippen LogP contribution in [-0.4, -0.2) is 29.9 Å². The van der Waals surface area contributed by atoms with Crippen LogP contribution in [0.5, 0.6) is 17.2 Å². The van der Waals surface area contributed by atoms with E-state index in [0.717, 1.165) is 12.1 Å². The van der Waals surface area contributed by atoms with Gasteiger partial charge in [0.25, 0.3) is 11.8 Å². The zero-order valence-electron chi connectivity index (χ0n) is 21.6. The topological polar surface area (TPSA) is 131 Å². The van der Waals surface area contributed by atoms with Gasteiger partial charge >= 0.3 is 12.2 Å². The van der Waals surface area contributed by atoms with Crippen LogP contribution in [0.25, 0.3) is 0 Å². The van der Waals surface area contributed by atoms with E-state index >= 15 is 0 Å². The van der Waals surface area contributed by atoms with Crippen LogP contribution in [0.4, 0.5) is 29.3 Å². The number of nitrogens with one attached hydrogen (secondary N) is 4.